The lowest BCUT2D eigenvalue weighted by Crippen LogP contribution is -2.39. The van der Waals surface area contributed by atoms with Crippen LogP contribution in [-0.2, 0) is 9.59 Å². The van der Waals surface area contributed by atoms with Crippen molar-refractivity contribution in [3.8, 4) is 0 Å². The smallest absolute Gasteiger partial charge is 0.271 e. The number of nitrogens with two attached hydrogens (primary N) is 1. The van der Waals surface area contributed by atoms with E-state index < -0.39 is 23.7 Å². The van der Waals surface area contributed by atoms with Gasteiger partial charge >= 0.3 is 0 Å². The third-order valence-electron chi connectivity index (χ3n) is 5.49. The van der Waals surface area contributed by atoms with Crippen LogP contribution in [0.5, 0.6) is 0 Å². The number of hydrogen-bond acceptors (Lipinski definition) is 5. The molecule has 4 rings (SSSR count). The van der Waals surface area contributed by atoms with Crippen LogP contribution >= 0.6 is 11.6 Å². The van der Waals surface area contributed by atoms with Crippen molar-refractivity contribution in [1.82, 2.24) is 0 Å². The lowest BCUT2D eigenvalue weighted by Gasteiger charge is -2.29. The minimum Gasteiger partial charge on any atom is -0.370 e. The molecule has 0 radical (unpaired) electrons. The minimum absolute atomic E-state index is 0.0537. The number of carbonyl (C=O) groups excluding carboxylic acids is 2. The van der Waals surface area contributed by atoms with Crippen molar-refractivity contribution >= 4 is 46.2 Å². The average Bonchev–Trinajstić information content (AvgIpc) is 3.21. The normalized spacial score (nSPS) is 18.6. The quantitative estimate of drug-likeness (QED) is 0.739. The summed E-state index contributed by atoms with van der Waals surface area (Å²) in [6, 6.07) is 10.1. The molecule has 2 heterocycles. The van der Waals surface area contributed by atoms with Gasteiger partial charge in [0.2, 0.25) is 5.91 Å². The maximum atomic E-state index is 13.2. The van der Waals surface area contributed by atoms with Crippen molar-refractivity contribution in [3.05, 3.63) is 53.3 Å². The summed E-state index contributed by atoms with van der Waals surface area (Å²) in [5, 5.41) is 8.97. The summed E-state index contributed by atoms with van der Waals surface area (Å²) in [6.45, 7) is 1.94. The number of rotatable bonds is 5. The zero-order valence-corrected chi connectivity index (χ0v) is 17.6. The highest BCUT2D eigenvalue weighted by Crippen LogP contribution is 2.31. The predicted octanol–water partition coefficient (Wildman–Crippen LogP) is 3.53. The molecule has 2 aromatic carbocycles. The first-order valence-corrected chi connectivity index (χ1v) is 10.6. The van der Waals surface area contributed by atoms with Crippen molar-refractivity contribution in [2.45, 2.75) is 31.7 Å². The highest BCUT2D eigenvalue weighted by atomic mass is 35.5. The van der Waals surface area contributed by atoms with Crippen LogP contribution in [0.15, 0.2) is 47.6 Å². The van der Waals surface area contributed by atoms with E-state index in [2.05, 4.69) is 15.3 Å². The molecule has 2 aromatic rings. The largest absolute Gasteiger partial charge is 0.370 e. The predicted molar refractivity (Wildman–Crippen MR) is 120 cm³/mol. The van der Waals surface area contributed by atoms with Gasteiger partial charge in [0.05, 0.1) is 16.4 Å². The van der Waals surface area contributed by atoms with Gasteiger partial charge in [-0.25, -0.2) is 4.39 Å². The fourth-order valence-corrected chi connectivity index (χ4v) is 4.18. The number of primary amides is 1. The molecule has 0 bridgehead atoms. The Kier molecular flexibility index (Phi) is 6.08. The summed E-state index contributed by atoms with van der Waals surface area (Å²) < 4.78 is 13.2. The first-order valence-electron chi connectivity index (χ1n) is 10.2. The molecule has 2 amide bonds. The summed E-state index contributed by atoms with van der Waals surface area (Å²) >= 11 is 6.46. The topological polar surface area (TPSA) is 91.0 Å². The summed E-state index contributed by atoms with van der Waals surface area (Å²) in [5.74, 6) is -1.48. The van der Waals surface area contributed by atoms with Crippen LogP contribution in [0, 0.1) is 5.82 Å². The molecule has 3 N–H and O–H groups in total. The number of benzene rings is 2. The molecule has 31 heavy (non-hydrogen) atoms. The molecule has 1 fully saturated rings. The molecule has 162 valence electrons. The molecule has 9 heteroatoms. The van der Waals surface area contributed by atoms with Crippen molar-refractivity contribution in [3.63, 3.8) is 0 Å². The molecule has 1 saturated heterocycles. The second-order valence-electron chi connectivity index (χ2n) is 7.66. The van der Waals surface area contributed by atoms with Crippen LogP contribution in [0.2, 0.25) is 5.02 Å². The van der Waals surface area contributed by atoms with E-state index in [9.17, 15) is 14.0 Å². The van der Waals surface area contributed by atoms with Crippen molar-refractivity contribution in [2.75, 3.05) is 28.3 Å². The molecular formula is C22H23ClFN5O2. The monoisotopic (exact) mass is 443 g/mol. The molecule has 2 aliphatic rings. The Morgan fingerprint density at radius 3 is 2.45 bits per heavy atom. The molecule has 0 aliphatic carbocycles. The molecule has 2 aliphatic heterocycles. The molecular weight excluding hydrogens is 421 g/mol. The molecule has 0 aromatic heterocycles. The first kappa shape index (κ1) is 21.1. The number of piperidine rings is 1. The number of nitrogens with one attached hydrogen (secondary N) is 1. The van der Waals surface area contributed by atoms with Gasteiger partial charge in [0.25, 0.3) is 5.91 Å². The van der Waals surface area contributed by atoms with Crippen LogP contribution in [0.1, 0.15) is 25.7 Å². The minimum atomic E-state index is -0.823. The van der Waals surface area contributed by atoms with Gasteiger partial charge < -0.3 is 16.0 Å². The van der Waals surface area contributed by atoms with Crippen LogP contribution in [0.4, 0.5) is 21.5 Å². The summed E-state index contributed by atoms with van der Waals surface area (Å²) in [7, 11) is 0. The van der Waals surface area contributed by atoms with Gasteiger partial charge in [-0.2, -0.15) is 5.10 Å². The Bertz CT molecular complexity index is 1020. The van der Waals surface area contributed by atoms with Crippen molar-refractivity contribution in [1.29, 1.82) is 0 Å². The van der Waals surface area contributed by atoms with Gasteiger partial charge in [0.1, 0.15) is 17.6 Å². The standard InChI is InChI=1S/C22H23ClFN5O2/c23-17-12-15(6-9-19(17)28-10-2-1-3-11-28)26-22(31)18-13-20(21(25)30)29(27-18)16-7-4-14(24)5-8-16/h4-9,12,20H,1-3,10-11,13H2,(H2,25,30)(H,26,31). The van der Waals surface area contributed by atoms with E-state index in [0.717, 1.165) is 31.6 Å². The average molecular weight is 444 g/mol. The SMILES string of the molecule is NC(=O)C1CC(C(=O)Nc2ccc(N3CCCCC3)c(Cl)c2)=NN1c1ccc(F)cc1. The van der Waals surface area contributed by atoms with Crippen LogP contribution in [0.25, 0.3) is 0 Å². The maximum Gasteiger partial charge on any atom is 0.271 e. The van der Waals surface area contributed by atoms with E-state index in [0.29, 0.717) is 16.4 Å². The van der Waals surface area contributed by atoms with Gasteiger partial charge in [0.15, 0.2) is 0 Å². The van der Waals surface area contributed by atoms with E-state index in [1.54, 1.807) is 12.1 Å². The van der Waals surface area contributed by atoms with Crippen LogP contribution < -0.4 is 21.0 Å². The van der Waals surface area contributed by atoms with Gasteiger partial charge in [-0.3, -0.25) is 14.6 Å². The van der Waals surface area contributed by atoms with Crippen molar-refractivity contribution in [2.24, 2.45) is 10.8 Å². The van der Waals surface area contributed by atoms with Gasteiger partial charge in [-0.05, 0) is 61.7 Å². The van der Waals surface area contributed by atoms with E-state index in [4.69, 9.17) is 17.3 Å². The highest BCUT2D eigenvalue weighted by molar-refractivity contribution is 6.44. The Labute approximate surface area is 184 Å². The van der Waals surface area contributed by atoms with E-state index in [-0.39, 0.29) is 12.1 Å². The summed E-state index contributed by atoms with van der Waals surface area (Å²) in [4.78, 5) is 26.9. The number of hydrogen-bond donors (Lipinski definition) is 2. The zero-order valence-electron chi connectivity index (χ0n) is 16.9. The van der Waals surface area contributed by atoms with E-state index in [1.807, 2.05) is 6.07 Å². The number of nitrogens with zero attached hydrogens (tertiary/aromatic N) is 3. The van der Waals surface area contributed by atoms with Crippen LogP contribution in [-0.4, -0.2) is 36.7 Å². The molecule has 7 nitrogen and oxygen atoms in total. The lowest BCUT2D eigenvalue weighted by molar-refractivity contribution is -0.119. The Hall–Kier alpha value is -3.13. The van der Waals surface area contributed by atoms with E-state index >= 15 is 0 Å². The number of hydrazone groups is 1. The molecule has 0 saturated carbocycles. The summed E-state index contributed by atoms with van der Waals surface area (Å²) in [6.07, 6.45) is 3.56. The Balaban J connectivity index is 1.50. The van der Waals surface area contributed by atoms with Gasteiger partial charge in [0, 0.05) is 25.2 Å². The number of amides is 2. The second-order valence-corrected chi connectivity index (χ2v) is 8.07. The Morgan fingerprint density at radius 2 is 1.81 bits per heavy atom. The van der Waals surface area contributed by atoms with Crippen LogP contribution in [0.3, 0.4) is 0 Å². The molecule has 1 unspecified atom stereocenters. The fourth-order valence-electron chi connectivity index (χ4n) is 3.88. The Morgan fingerprint density at radius 1 is 1.10 bits per heavy atom. The number of carbonyl (C=O) groups is 2. The first-order chi connectivity index (χ1) is 14.9. The fraction of sp³-hybridized carbons (Fsp3) is 0.318. The van der Waals surface area contributed by atoms with Gasteiger partial charge in [-0.1, -0.05) is 11.6 Å². The molecule has 0 spiro atoms. The van der Waals surface area contributed by atoms with E-state index in [1.165, 1.54) is 35.7 Å². The number of halogens is 2. The summed E-state index contributed by atoms with van der Waals surface area (Å²) in [5.41, 5.74) is 7.62. The second kappa shape index (κ2) is 8.93. The van der Waals surface area contributed by atoms with Gasteiger partial charge in [-0.15, -0.1) is 0 Å². The third-order valence-corrected chi connectivity index (χ3v) is 5.80. The highest BCUT2D eigenvalue weighted by Gasteiger charge is 2.35. The third kappa shape index (κ3) is 4.64. The lowest BCUT2D eigenvalue weighted by atomic mass is 10.1. The number of anilines is 3. The van der Waals surface area contributed by atoms with Crippen molar-refractivity contribution < 1.29 is 14.0 Å². The zero-order chi connectivity index (χ0) is 22.0. The maximum absolute atomic E-state index is 13.2. The molecule has 1 atom stereocenters.